The summed E-state index contributed by atoms with van der Waals surface area (Å²) in [4.78, 5) is 27.6. The second-order valence-corrected chi connectivity index (χ2v) is 13.4. The summed E-state index contributed by atoms with van der Waals surface area (Å²) in [5.74, 6) is 5.60. The third-order valence-electron chi connectivity index (χ3n) is 10.2. The number of allylic oxidation sites excluding steroid dienone is 2. The van der Waals surface area contributed by atoms with Crippen LogP contribution in [-0.4, -0.2) is 53.3 Å². The van der Waals surface area contributed by atoms with E-state index in [1.165, 1.54) is 7.11 Å². The molecule has 7 unspecified atom stereocenters. The SMILES string of the molecule is CCCC(CO)C1CC(CC2=CCNC(N)=C2)CC2C#CC(c3ccccc3)c3cc(O)c(OC)cc3CCC(=O)C(O)C(=O)C2C1. The molecule has 7 atom stereocenters. The molecule has 1 fully saturated rings. The maximum atomic E-state index is 14.2. The number of nitrogens with one attached hydrogen (secondary N) is 1. The lowest BCUT2D eigenvalue weighted by Crippen LogP contribution is -2.39. The third-order valence-corrected chi connectivity index (χ3v) is 10.2. The van der Waals surface area contributed by atoms with Gasteiger partial charge in [0, 0.05) is 31.4 Å². The molecule has 0 spiro atoms. The van der Waals surface area contributed by atoms with Gasteiger partial charge in [-0.05, 0) is 96.8 Å². The number of hydrogen-bond donors (Lipinski definition) is 5. The Bertz CT molecular complexity index is 1550. The highest BCUT2D eigenvalue weighted by atomic mass is 16.5. The first-order chi connectivity index (χ1) is 22.7. The van der Waals surface area contributed by atoms with Crippen molar-refractivity contribution in [3.63, 3.8) is 0 Å². The second kappa shape index (κ2) is 15.7. The molecule has 250 valence electrons. The van der Waals surface area contributed by atoms with Crippen molar-refractivity contribution in [2.45, 2.75) is 70.3 Å². The van der Waals surface area contributed by atoms with E-state index < -0.39 is 35.4 Å². The lowest BCUT2D eigenvalue weighted by Gasteiger charge is -2.29. The zero-order chi connectivity index (χ0) is 33.5. The summed E-state index contributed by atoms with van der Waals surface area (Å²) in [6.07, 6.45) is 6.89. The predicted molar refractivity (Wildman–Crippen MR) is 181 cm³/mol. The summed E-state index contributed by atoms with van der Waals surface area (Å²) in [6, 6.07) is 13.2. The Hall–Kier alpha value is -4.06. The van der Waals surface area contributed by atoms with Gasteiger partial charge in [-0.15, -0.1) is 0 Å². The lowest BCUT2D eigenvalue weighted by molar-refractivity contribution is -0.142. The molecule has 0 bridgehead atoms. The van der Waals surface area contributed by atoms with Crippen molar-refractivity contribution >= 4 is 11.6 Å². The minimum atomic E-state index is -1.75. The average Bonchev–Trinajstić information content (AvgIpc) is 3.25. The van der Waals surface area contributed by atoms with Crippen molar-refractivity contribution in [2.75, 3.05) is 20.3 Å². The minimum Gasteiger partial charge on any atom is -0.504 e. The van der Waals surface area contributed by atoms with Gasteiger partial charge in [0.1, 0.15) is 0 Å². The number of fused-ring (bicyclic) bond motifs is 2. The van der Waals surface area contributed by atoms with Crippen LogP contribution in [0.3, 0.4) is 0 Å². The molecule has 0 radical (unpaired) electrons. The highest BCUT2D eigenvalue weighted by molar-refractivity contribution is 6.06. The van der Waals surface area contributed by atoms with Gasteiger partial charge in [0.15, 0.2) is 29.2 Å². The Morgan fingerprint density at radius 3 is 2.57 bits per heavy atom. The van der Waals surface area contributed by atoms with Crippen molar-refractivity contribution in [3.8, 4) is 23.3 Å². The minimum absolute atomic E-state index is 0.000695. The number of methoxy groups -OCH3 is 1. The van der Waals surface area contributed by atoms with Crippen LogP contribution in [0.15, 0.2) is 66.0 Å². The molecule has 0 amide bonds. The van der Waals surface area contributed by atoms with Crippen molar-refractivity contribution in [2.24, 2.45) is 35.3 Å². The smallest absolute Gasteiger partial charge is 0.173 e. The molecule has 1 heterocycles. The summed E-state index contributed by atoms with van der Waals surface area (Å²) >= 11 is 0. The van der Waals surface area contributed by atoms with E-state index in [-0.39, 0.29) is 48.7 Å². The van der Waals surface area contributed by atoms with E-state index in [0.717, 1.165) is 47.9 Å². The quantitative estimate of drug-likeness (QED) is 0.206. The van der Waals surface area contributed by atoms with Gasteiger partial charge < -0.3 is 31.1 Å². The Labute approximate surface area is 278 Å². The van der Waals surface area contributed by atoms with Gasteiger partial charge in [-0.25, -0.2) is 0 Å². The van der Waals surface area contributed by atoms with Crippen LogP contribution >= 0.6 is 0 Å². The number of aliphatic hydroxyl groups excluding tert-OH is 2. The summed E-state index contributed by atoms with van der Waals surface area (Å²) in [5.41, 5.74) is 9.70. The fourth-order valence-corrected chi connectivity index (χ4v) is 7.80. The molecule has 1 saturated carbocycles. The second-order valence-electron chi connectivity index (χ2n) is 13.4. The first-order valence-electron chi connectivity index (χ1n) is 16.9. The predicted octanol–water partition coefficient (Wildman–Crippen LogP) is 4.76. The van der Waals surface area contributed by atoms with Gasteiger partial charge >= 0.3 is 0 Å². The van der Waals surface area contributed by atoms with Crippen LogP contribution < -0.4 is 15.8 Å². The first-order valence-corrected chi connectivity index (χ1v) is 16.9. The van der Waals surface area contributed by atoms with Crippen LogP contribution in [0.25, 0.3) is 0 Å². The zero-order valence-corrected chi connectivity index (χ0v) is 27.5. The molecular formula is C39H48N2O6. The Balaban J connectivity index is 1.65. The molecule has 0 aromatic heterocycles. The number of carbonyl (C=O) groups excluding carboxylic acids is 2. The topological polar surface area (TPSA) is 142 Å². The molecule has 0 saturated heterocycles. The Morgan fingerprint density at radius 2 is 1.87 bits per heavy atom. The van der Waals surface area contributed by atoms with Gasteiger partial charge in [-0.1, -0.05) is 61.6 Å². The number of dihydropyridines is 1. The highest BCUT2D eigenvalue weighted by Gasteiger charge is 2.42. The number of hydrogen-bond acceptors (Lipinski definition) is 8. The molecule has 8 nitrogen and oxygen atoms in total. The van der Waals surface area contributed by atoms with Crippen LogP contribution in [0, 0.1) is 41.4 Å². The number of ether oxygens (including phenoxy) is 1. The zero-order valence-electron chi connectivity index (χ0n) is 27.5. The Morgan fingerprint density at radius 1 is 1.09 bits per heavy atom. The lowest BCUT2D eigenvalue weighted by atomic mass is 9.75. The Kier molecular flexibility index (Phi) is 11.4. The standard InChI is InChI=1S/C39H48N2O6/c1-3-7-29(23-42)30-18-25(16-24-14-15-41-37(40)19-24)17-27-10-12-31(26-8-5-4-6-9-26)32-22-35(44)36(47-2)21-28(32)11-13-34(43)39(46)38(45)33(27)20-30/h4-6,8-9,14,19,21-22,25,27,29-31,33,39,41-42,44,46H,3,7,11,13,15-18,20,23,40H2,1-2H3. The van der Waals surface area contributed by atoms with E-state index in [1.807, 2.05) is 36.4 Å². The summed E-state index contributed by atoms with van der Waals surface area (Å²) in [6.45, 7) is 2.76. The van der Waals surface area contributed by atoms with Gasteiger partial charge in [0.05, 0.1) is 18.8 Å². The third kappa shape index (κ3) is 8.09. The number of phenolic OH excluding ortho intramolecular Hbond substituents is 1. The number of rotatable bonds is 8. The molecule has 2 aliphatic carbocycles. The van der Waals surface area contributed by atoms with Gasteiger partial charge in [-0.2, -0.15) is 0 Å². The maximum absolute atomic E-state index is 14.2. The molecule has 8 heteroatoms. The number of aliphatic hydroxyl groups is 2. The molecular weight excluding hydrogens is 592 g/mol. The maximum Gasteiger partial charge on any atom is 0.173 e. The van der Waals surface area contributed by atoms with Crippen LogP contribution in [0.4, 0.5) is 0 Å². The summed E-state index contributed by atoms with van der Waals surface area (Å²) in [5, 5.41) is 35.7. The van der Waals surface area contributed by atoms with Gasteiger partial charge in [0.25, 0.3) is 0 Å². The van der Waals surface area contributed by atoms with Crippen molar-refractivity contribution in [3.05, 3.63) is 82.7 Å². The molecule has 3 aliphatic rings. The number of carbonyl (C=O) groups is 2. The van der Waals surface area contributed by atoms with Crippen LogP contribution in [0.1, 0.15) is 74.5 Å². The van der Waals surface area contributed by atoms with Gasteiger partial charge in [-0.3, -0.25) is 9.59 Å². The van der Waals surface area contributed by atoms with Crippen molar-refractivity contribution in [1.29, 1.82) is 0 Å². The summed E-state index contributed by atoms with van der Waals surface area (Å²) < 4.78 is 5.40. The van der Waals surface area contributed by atoms with Crippen LogP contribution in [-0.2, 0) is 16.0 Å². The van der Waals surface area contributed by atoms with Gasteiger partial charge in [0.2, 0.25) is 0 Å². The molecule has 6 N–H and O–H groups in total. The largest absolute Gasteiger partial charge is 0.504 e. The normalized spacial score (nSPS) is 27.1. The van der Waals surface area contributed by atoms with Crippen LogP contribution in [0.2, 0.25) is 0 Å². The fraction of sp³-hybridized carbons (Fsp3) is 0.487. The molecule has 2 aromatic rings. The molecule has 1 aliphatic heterocycles. The van der Waals surface area contributed by atoms with Crippen molar-refractivity contribution in [1.82, 2.24) is 5.32 Å². The van der Waals surface area contributed by atoms with E-state index >= 15 is 0 Å². The number of aromatic hydroxyl groups is 1. The monoisotopic (exact) mass is 640 g/mol. The number of nitrogens with two attached hydrogens (primary N) is 1. The number of phenols is 1. The number of Topliss-reactive ketones (excluding diaryl/α,β-unsaturated/α-hetero) is 2. The average molecular weight is 641 g/mol. The van der Waals surface area contributed by atoms with E-state index in [4.69, 9.17) is 10.5 Å². The fourth-order valence-electron chi connectivity index (χ4n) is 7.80. The first kappa shape index (κ1) is 34.3. The van der Waals surface area contributed by atoms with Crippen LogP contribution in [0.5, 0.6) is 11.5 Å². The molecule has 2 aromatic carbocycles. The van der Waals surface area contributed by atoms with E-state index in [9.17, 15) is 24.9 Å². The number of aryl methyl sites for hydroxylation is 1. The number of ketones is 2. The number of benzene rings is 2. The highest BCUT2D eigenvalue weighted by Crippen LogP contribution is 2.44. The molecule has 47 heavy (non-hydrogen) atoms. The van der Waals surface area contributed by atoms with E-state index in [0.29, 0.717) is 25.2 Å². The summed E-state index contributed by atoms with van der Waals surface area (Å²) in [7, 11) is 1.47. The van der Waals surface area contributed by atoms with E-state index in [1.54, 1.807) is 12.1 Å². The molecule has 5 rings (SSSR count). The van der Waals surface area contributed by atoms with E-state index in [2.05, 4.69) is 30.2 Å². The van der Waals surface area contributed by atoms with Crippen molar-refractivity contribution < 1.29 is 29.6 Å².